The van der Waals surface area contributed by atoms with Crippen molar-refractivity contribution in [1.82, 2.24) is 4.90 Å². The molecule has 1 fully saturated rings. The third-order valence-corrected chi connectivity index (χ3v) is 4.40. The summed E-state index contributed by atoms with van der Waals surface area (Å²) in [6.45, 7) is 1.51. The van der Waals surface area contributed by atoms with Crippen molar-refractivity contribution in [2.24, 2.45) is 0 Å². The van der Waals surface area contributed by atoms with Gasteiger partial charge in [-0.25, -0.2) is 4.39 Å². The van der Waals surface area contributed by atoms with Gasteiger partial charge in [0.15, 0.2) is 0 Å². The van der Waals surface area contributed by atoms with Crippen LogP contribution in [-0.2, 0) is 11.2 Å². The van der Waals surface area contributed by atoms with E-state index in [4.69, 9.17) is 11.6 Å². The van der Waals surface area contributed by atoms with Crippen molar-refractivity contribution in [1.29, 1.82) is 0 Å². The molecule has 22 heavy (non-hydrogen) atoms. The van der Waals surface area contributed by atoms with E-state index in [1.54, 1.807) is 12.1 Å². The number of nitrogens with zero attached hydrogens (tertiary/aromatic N) is 1. The van der Waals surface area contributed by atoms with Gasteiger partial charge in [-0.1, -0.05) is 35.9 Å². The van der Waals surface area contributed by atoms with Crippen LogP contribution in [-0.4, -0.2) is 23.9 Å². The molecule has 1 atom stereocenters. The Bertz CT molecular complexity index is 654. The normalized spacial score (nSPS) is 17.7. The first-order valence-electron chi connectivity index (χ1n) is 7.39. The molecule has 4 heteroatoms. The Labute approximate surface area is 134 Å². The predicted octanol–water partition coefficient (Wildman–Crippen LogP) is 4.04. The van der Waals surface area contributed by atoms with Crippen molar-refractivity contribution in [2.45, 2.75) is 18.8 Å². The van der Waals surface area contributed by atoms with E-state index in [1.807, 2.05) is 29.2 Å². The first kappa shape index (κ1) is 15.0. The number of benzene rings is 2. The molecule has 1 aliphatic heterocycles. The van der Waals surface area contributed by atoms with Crippen LogP contribution in [0.15, 0.2) is 48.5 Å². The van der Waals surface area contributed by atoms with Gasteiger partial charge in [-0.3, -0.25) is 4.79 Å². The van der Waals surface area contributed by atoms with Crippen LogP contribution in [0.2, 0.25) is 5.02 Å². The van der Waals surface area contributed by atoms with Crippen LogP contribution in [0.1, 0.15) is 23.5 Å². The van der Waals surface area contributed by atoms with Gasteiger partial charge in [-0.15, -0.1) is 0 Å². The zero-order valence-electron chi connectivity index (χ0n) is 12.1. The molecule has 1 unspecified atom stereocenters. The second kappa shape index (κ2) is 6.49. The van der Waals surface area contributed by atoms with Gasteiger partial charge in [0.05, 0.1) is 6.42 Å². The van der Waals surface area contributed by atoms with Crippen LogP contribution in [0.5, 0.6) is 0 Å². The Morgan fingerprint density at radius 2 is 1.82 bits per heavy atom. The van der Waals surface area contributed by atoms with Crippen LogP contribution in [0.3, 0.4) is 0 Å². The number of halogens is 2. The minimum atomic E-state index is -0.278. The van der Waals surface area contributed by atoms with Crippen LogP contribution in [0.4, 0.5) is 4.39 Å². The van der Waals surface area contributed by atoms with Crippen molar-refractivity contribution >= 4 is 17.5 Å². The van der Waals surface area contributed by atoms with E-state index in [9.17, 15) is 9.18 Å². The summed E-state index contributed by atoms with van der Waals surface area (Å²) in [5.41, 5.74) is 2.07. The average Bonchev–Trinajstić information content (AvgIpc) is 3.00. The Morgan fingerprint density at radius 3 is 2.50 bits per heavy atom. The second-order valence-electron chi connectivity index (χ2n) is 5.68. The number of carbonyl (C=O) groups is 1. The second-order valence-corrected chi connectivity index (χ2v) is 6.12. The lowest BCUT2D eigenvalue weighted by atomic mass is 9.99. The molecule has 1 saturated heterocycles. The minimum absolute atomic E-state index is 0.100. The fraction of sp³-hybridized carbons (Fsp3) is 0.278. The summed E-state index contributed by atoms with van der Waals surface area (Å²) in [7, 11) is 0. The van der Waals surface area contributed by atoms with E-state index in [2.05, 4.69) is 0 Å². The van der Waals surface area contributed by atoms with Gasteiger partial charge in [-0.05, 0) is 41.8 Å². The molecule has 2 aromatic carbocycles. The van der Waals surface area contributed by atoms with Crippen molar-refractivity contribution in [2.75, 3.05) is 13.1 Å². The molecule has 114 valence electrons. The van der Waals surface area contributed by atoms with Crippen molar-refractivity contribution < 1.29 is 9.18 Å². The Morgan fingerprint density at radius 1 is 1.14 bits per heavy atom. The van der Waals surface area contributed by atoms with Gasteiger partial charge in [0.2, 0.25) is 5.91 Å². The lowest BCUT2D eigenvalue weighted by Crippen LogP contribution is -2.29. The quantitative estimate of drug-likeness (QED) is 0.836. The highest BCUT2D eigenvalue weighted by atomic mass is 35.5. The summed E-state index contributed by atoms with van der Waals surface area (Å²) in [6.07, 6.45) is 1.30. The minimum Gasteiger partial charge on any atom is -0.342 e. The molecule has 2 aromatic rings. The number of rotatable bonds is 3. The zero-order valence-corrected chi connectivity index (χ0v) is 12.9. The topological polar surface area (TPSA) is 20.3 Å². The summed E-state index contributed by atoms with van der Waals surface area (Å²) in [5, 5.41) is 0.728. The van der Waals surface area contributed by atoms with Crippen molar-refractivity contribution in [3.63, 3.8) is 0 Å². The molecular weight excluding hydrogens is 301 g/mol. The fourth-order valence-corrected chi connectivity index (χ4v) is 3.01. The Balaban J connectivity index is 1.61. The highest BCUT2D eigenvalue weighted by Crippen LogP contribution is 2.28. The molecule has 0 radical (unpaired) electrons. The predicted molar refractivity (Wildman–Crippen MR) is 85.5 cm³/mol. The van der Waals surface area contributed by atoms with Crippen LogP contribution in [0.25, 0.3) is 0 Å². The van der Waals surface area contributed by atoms with Crippen LogP contribution >= 0.6 is 11.6 Å². The summed E-state index contributed by atoms with van der Waals surface area (Å²) in [5.74, 6) is 0.192. The zero-order chi connectivity index (χ0) is 15.5. The Hall–Kier alpha value is -1.87. The van der Waals surface area contributed by atoms with Crippen LogP contribution < -0.4 is 0 Å². The van der Waals surface area contributed by atoms with Crippen molar-refractivity contribution in [3.8, 4) is 0 Å². The summed E-state index contributed by atoms with van der Waals surface area (Å²) < 4.78 is 12.9. The fourth-order valence-electron chi connectivity index (χ4n) is 2.88. The third-order valence-electron chi connectivity index (χ3n) is 4.15. The molecule has 1 aliphatic rings. The molecule has 0 saturated carbocycles. The Kier molecular flexibility index (Phi) is 4.44. The smallest absolute Gasteiger partial charge is 0.227 e. The molecule has 0 spiro atoms. The highest BCUT2D eigenvalue weighted by molar-refractivity contribution is 6.30. The maximum Gasteiger partial charge on any atom is 0.227 e. The first-order chi connectivity index (χ1) is 10.6. The number of carbonyl (C=O) groups excluding carboxylic acids is 1. The van der Waals surface area contributed by atoms with E-state index in [0.717, 1.165) is 30.1 Å². The van der Waals surface area contributed by atoms with Crippen LogP contribution in [0, 0.1) is 5.82 Å². The molecule has 0 N–H and O–H groups in total. The maximum atomic E-state index is 12.9. The highest BCUT2D eigenvalue weighted by Gasteiger charge is 2.27. The molecule has 0 aromatic heterocycles. The number of likely N-dealkylation sites (tertiary alicyclic amines) is 1. The van der Waals surface area contributed by atoms with E-state index in [0.29, 0.717) is 12.3 Å². The van der Waals surface area contributed by atoms with Crippen molar-refractivity contribution in [3.05, 3.63) is 70.5 Å². The summed E-state index contributed by atoms with van der Waals surface area (Å²) >= 11 is 5.91. The van der Waals surface area contributed by atoms with E-state index < -0.39 is 0 Å². The third kappa shape index (κ3) is 3.47. The lowest BCUT2D eigenvalue weighted by Gasteiger charge is -2.17. The first-order valence-corrected chi connectivity index (χ1v) is 7.77. The summed E-state index contributed by atoms with van der Waals surface area (Å²) in [6, 6.07) is 14.0. The monoisotopic (exact) mass is 317 g/mol. The molecule has 2 nitrogen and oxygen atoms in total. The average molecular weight is 318 g/mol. The lowest BCUT2D eigenvalue weighted by molar-refractivity contribution is -0.129. The van der Waals surface area contributed by atoms with E-state index in [1.165, 1.54) is 17.7 Å². The van der Waals surface area contributed by atoms with Gasteiger partial charge in [0.1, 0.15) is 5.82 Å². The van der Waals surface area contributed by atoms with Gasteiger partial charge < -0.3 is 4.90 Å². The molecule has 0 bridgehead atoms. The molecule has 3 rings (SSSR count). The van der Waals surface area contributed by atoms with Gasteiger partial charge in [0.25, 0.3) is 0 Å². The molecule has 1 heterocycles. The largest absolute Gasteiger partial charge is 0.342 e. The van der Waals surface area contributed by atoms with E-state index >= 15 is 0 Å². The standard InChI is InChI=1S/C18H17ClFNO/c19-16-5-3-14(4-6-16)15-9-10-21(12-15)18(22)11-13-1-7-17(20)8-2-13/h1-8,15H,9-12H2. The number of hydrogen-bond acceptors (Lipinski definition) is 1. The maximum absolute atomic E-state index is 12.9. The molecule has 1 amide bonds. The molecule has 0 aliphatic carbocycles. The van der Waals surface area contributed by atoms with Gasteiger partial charge in [-0.2, -0.15) is 0 Å². The SMILES string of the molecule is O=C(Cc1ccc(F)cc1)N1CCC(c2ccc(Cl)cc2)C1. The van der Waals surface area contributed by atoms with E-state index in [-0.39, 0.29) is 11.7 Å². The number of amides is 1. The summed E-state index contributed by atoms with van der Waals surface area (Å²) in [4.78, 5) is 14.2. The van der Waals surface area contributed by atoms with Gasteiger partial charge in [0, 0.05) is 24.0 Å². The number of hydrogen-bond donors (Lipinski definition) is 0. The van der Waals surface area contributed by atoms with Gasteiger partial charge >= 0.3 is 0 Å². The molecular formula is C18H17ClFNO.